The molecule has 1 amide bonds. The number of nitrogens with zero attached hydrogens (tertiary/aromatic N) is 3. The van der Waals surface area contributed by atoms with Gasteiger partial charge >= 0.3 is 0 Å². The fourth-order valence-electron chi connectivity index (χ4n) is 2.70. The van der Waals surface area contributed by atoms with Crippen molar-refractivity contribution in [3.8, 4) is 0 Å². The minimum absolute atomic E-state index is 0.0800. The molecular formula is C20H30N4O2. The maximum Gasteiger partial charge on any atom is 0.226 e. The number of nitrogens with one attached hydrogen (secondary N) is 1. The zero-order valence-corrected chi connectivity index (χ0v) is 16.1. The van der Waals surface area contributed by atoms with E-state index in [1.54, 1.807) is 0 Å². The molecule has 2 rings (SSSR count). The van der Waals surface area contributed by atoms with Crippen LogP contribution in [0.4, 0.5) is 5.69 Å². The summed E-state index contributed by atoms with van der Waals surface area (Å²) < 4.78 is 5.19. The second-order valence-corrected chi connectivity index (χ2v) is 6.67. The van der Waals surface area contributed by atoms with Crippen molar-refractivity contribution in [2.24, 2.45) is 0 Å². The van der Waals surface area contributed by atoms with Crippen LogP contribution in [-0.4, -0.2) is 35.7 Å². The SMILES string of the molecule is CCN(CCCNC(=O)CCCc1nc(C(C)C)no1)c1ccccc1. The van der Waals surface area contributed by atoms with Gasteiger partial charge < -0.3 is 14.7 Å². The molecule has 26 heavy (non-hydrogen) atoms. The third-order valence-electron chi connectivity index (χ3n) is 4.22. The van der Waals surface area contributed by atoms with E-state index in [4.69, 9.17) is 4.52 Å². The number of hydrogen-bond donors (Lipinski definition) is 1. The van der Waals surface area contributed by atoms with Crippen LogP contribution in [0.15, 0.2) is 34.9 Å². The maximum absolute atomic E-state index is 11.9. The summed E-state index contributed by atoms with van der Waals surface area (Å²) in [6, 6.07) is 10.4. The van der Waals surface area contributed by atoms with Gasteiger partial charge in [0.2, 0.25) is 11.8 Å². The molecule has 6 nitrogen and oxygen atoms in total. The summed E-state index contributed by atoms with van der Waals surface area (Å²) in [5.74, 6) is 1.68. The highest BCUT2D eigenvalue weighted by molar-refractivity contribution is 5.75. The first-order chi connectivity index (χ1) is 12.6. The summed E-state index contributed by atoms with van der Waals surface area (Å²) in [4.78, 5) is 18.6. The minimum Gasteiger partial charge on any atom is -0.372 e. The van der Waals surface area contributed by atoms with Crippen LogP contribution in [0.3, 0.4) is 0 Å². The molecule has 6 heteroatoms. The minimum atomic E-state index is 0.0800. The predicted octanol–water partition coefficient (Wildman–Crippen LogP) is 3.55. The first kappa shape index (κ1) is 19.9. The van der Waals surface area contributed by atoms with Gasteiger partial charge in [-0.3, -0.25) is 4.79 Å². The van der Waals surface area contributed by atoms with Gasteiger partial charge in [-0.05, 0) is 31.9 Å². The van der Waals surface area contributed by atoms with Crippen molar-refractivity contribution >= 4 is 11.6 Å². The average molecular weight is 358 g/mol. The number of benzene rings is 1. The maximum atomic E-state index is 11.9. The molecule has 0 aliphatic heterocycles. The predicted molar refractivity (Wildman–Crippen MR) is 103 cm³/mol. The average Bonchev–Trinajstić information content (AvgIpc) is 3.12. The quantitative estimate of drug-likeness (QED) is 0.622. The van der Waals surface area contributed by atoms with Gasteiger partial charge in [0.05, 0.1) is 0 Å². The van der Waals surface area contributed by atoms with E-state index in [0.717, 1.165) is 31.8 Å². The summed E-state index contributed by atoms with van der Waals surface area (Å²) in [6.45, 7) is 8.79. The first-order valence-corrected chi connectivity index (χ1v) is 9.49. The second kappa shape index (κ2) is 10.6. The van der Waals surface area contributed by atoms with E-state index >= 15 is 0 Å². The largest absolute Gasteiger partial charge is 0.372 e. The molecule has 0 saturated carbocycles. The summed E-state index contributed by atoms with van der Waals surface area (Å²) in [6.07, 6.45) is 2.77. The molecule has 1 aromatic carbocycles. The van der Waals surface area contributed by atoms with Crippen LogP contribution in [0.1, 0.15) is 57.7 Å². The van der Waals surface area contributed by atoms with Gasteiger partial charge in [0.25, 0.3) is 0 Å². The zero-order chi connectivity index (χ0) is 18.8. The molecule has 0 bridgehead atoms. The zero-order valence-electron chi connectivity index (χ0n) is 16.1. The van der Waals surface area contributed by atoms with Crippen LogP contribution >= 0.6 is 0 Å². The van der Waals surface area contributed by atoms with Crippen molar-refractivity contribution in [2.75, 3.05) is 24.5 Å². The molecule has 0 unspecified atom stereocenters. The number of hydrogen-bond acceptors (Lipinski definition) is 5. The normalized spacial score (nSPS) is 10.9. The summed E-state index contributed by atoms with van der Waals surface area (Å²) in [7, 11) is 0. The third kappa shape index (κ3) is 6.50. The lowest BCUT2D eigenvalue weighted by molar-refractivity contribution is -0.121. The molecule has 0 atom stereocenters. The topological polar surface area (TPSA) is 71.3 Å². The number of aromatic nitrogens is 2. The molecule has 1 heterocycles. The number of anilines is 1. The van der Waals surface area contributed by atoms with Crippen LogP contribution in [0.25, 0.3) is 0 Å². The van der Waals surface area contributed by atoms with Crippen molar-refractivity contribution in [3.05, 3.63) is 42.0 Å². The highest BCUT2D eigenvalue weighted by Gasteiger charge is 2.10. The molecule has 0 aliphatic rings. The Hall–Kier alpha value is -2.37. The fraction of sp³-hybridized carbons (Fsp3) is 0.550. The molecule has 0 radical (unpaired) electrons. The molecule has 0 fully saturated rings. The number of rotatable bonds is 11. The Balaban J connectivity index is 1.59. The van der Waals surface area contributed by atoms with Gasteiger partial charge in [-0.25, -0.2) is 0 Å². The van der Waals surface area contributed by atoms with Crippen molar-refractivity contribution in [1.82, 2.24) is 15.5 Å². The summed E-state index contributed by atoms with van der Waals surface area (Å²) in [5.41, 5.74) is 1.22. The Morgan fingerprint density at radius 1 is 1.23 bits per heavy atom. The second-order valence-electron chi connectivity index (χ2n) is 6.67. The Labute approximate surface area is 156 Å². The van der Waals surface area contributed by atoms with E-state index in [1.165, 1.54) is 5.69 Å². The standard InChI is InChI=1S/C20H30N4O2/c1-4-24(17-10-6-5-7-11-17)15-9-14-21-18(25)12-8-13-19-22-20(16(2)3)23-26-19/h5-7,10-11,16H,4,8-9,12-15H2,1-3H3,(H,21,25). The van der Waals surface area contributed by atoms with Crippen LogP contribution in [0, 0.1) is 0 Å². The van der Waals surface area contributed by atoms with Crippen LogP contribution in [0.2, 0.25) is 0 Å². The van der Waals surface area contributed by atoms with E-state index < -0.39 is 0 Å². The first-order valence-electron chi connectivity index (χ1n) is 9.49. The highest BCUT2D eigenvalue weighted by atomic mass is 16.5. The number of amides is 1. The van der Waals surface area contributed by atoms with Crippen molar-refractivity contribution < 1.29 is 9.32 Å². The van der Waals surface area contributed by atoms with Gasteiger partial charge in [0.15, 0.2) is 5.82 Å². The van der Waals surface area contributed by atoms with Gasteiger partial charge in [-0.1, -0.05) is 37.2 Å². The van der Waals surface area contributed by atoms with Gasteiger partial charge in [-0.2, -0.15) is 4.98 Å². The monoisotopic (exact) mass is 358 g/mol. The van der Waals surface area contributed by atoms with E-state index in [2.05, 4.69) is 39.4 Å². The number of para-hydroxylation sites is 1. The fourth-order valence-corrected chi connectivity index (χ4v) is 2.70. The lowest BCUT2D eigenvalue weighted by atomic mass is 10.2. The Morgan fingerprint density at radius 2 is 2.00 bits per heavy atom. The number of carbonyl (C=O) groups excluding carboxylic acids is 1. The summed E-state index contributed by atoms with van der Waals surface area (Å²) >= 11 is 0. The highest BCUT2D eigenvalue weighted by Crippen LogP contribution is 2.13. The lowest BCUT2D eigenvalue weighted by Crippen LogP contribution is -2.29. The van der Waals surface area contributed by atoms with E-state index in [0.29, 0.717) is 25.3 Å². The lowest BCUT2D eigenvalue weighted by Gasteiger charge is -2.23. The van der Waals surface area contributed by atoms with E-state index in [9.17, 15) is 4.79 Å². The molecule has 1 N–H and O–H groups in total. The molecule has 142 valence electrons. The number of carbonyl (C=O) groups is 1. The molecule has 1 aromatic heterocycles. The van der Waals surface area contributed by atoms with Crippen molar-refractivity contribution in [3.63, 3.8) is 0 Å². The molecule has 0 saturated heterocycles. The Bertz CT molecular complexity index is 655. The molecule has 2 aromatic rings. The van der Waals surface area contributed by atoms with E-state index in [1.807, 2.05) is 32.0 Å². The summed E-state index contributed by atoms with van der Waals surface area (Å²) in [5, 5.41) is 6.92. The number of aryl methyl sites for hydroxylation is 1. The van der Waals surface area contributed by atoms with Crippen molar-refractivity contribution in [2.45, 2.75) is 52.4 Å². The molecule has 0 aliphatic carbocycles. The smallest absolute Gasteiger partial charge is 0.226 e. The Morgan fingerprint density at radius 3 is 2.65 bits per heavy atom. The van der Waals surface area contributed by atoms with Crippen LogP contribution in [-0.2, 0) is 11.2 Å². The van der Waals surface area contributed by atoms with Gasteiger partial charge in [0, 0.05) is 44.1 Å². The third-order valence-corrected chi connectivity index (χ3v) is 4.22. The van der Waals surface area contributed by atoms with Gasteiger partial charge in [-0.15, -0.1) is 0 Å². The van der Waals surface area contributed by atoms with Crippen LogP contribution in [0.5, 0.6) is 0 Å². The molecular weight excluding hydrogens is 328 g/mol. The molecule has 0 spiro atoms. The Kier molecular flexibility index (Phi) is 8.12. The van der Waals surface area contributed by atoms with Crippen LogP contribution < -0.4 is 10.2 Å². The van der Waals surface area contributed by atoms with E-state index in [-0.39, 0.29) is 11.8 Å². The van der Waals surface area contributed by atoms with Gasteiger partial charge in [0.1, 0.15) is 0 Å². The van der Waals surface area contributed by atoms with Crippen molar-refractivity contribution in [1.29, 1.82) is 0 Å².